The number of nitrogens with zero attached hydrogens (tertiary/aromatic N) is 1. The van der Waals surface area contributed by atoms with Crippen LogP contribution in [0.1, 0.15) is 19.8 Å². The van der Waals surface area contributed by atoms with Crippen LogP contribution in [0.3, 0.4) is 0 Å². The Kier molecular flexibility index (Phi) is 3.73. The smallest absolute Gasteiger partial charge is 0.224 e. The number of carbonyl (C=O) groups excluding carboxylic acids is 1. The van der Waals surface area contributed by atoms with Gasteiger partial charge in [0, 0.05) is 25.6 Å². The summed E-state index contributed by atoms with van der Waals surface area (Å²) >= 11 is 0. The van der Waals surface area contributed by atoms with Crippen molar-refractivity contribution in [1.29, 1.82) is 0 Å². The molecule has 2 atom stereocenters. The number of sulfone groups is 1. The maximum Gasteiger partial charge on any atom is 0.224 e. The van der Waals surface area contributed by atoms with Crippen molar-refractivity contribution in [2.45, 2.75) is 25.8 Å². The van der Waals surface area contributed by atoms with E-state index in [2.05, 4.69) is 12.2 Å². The quantitative estimate of drug-likeness (QED) is 0.698. The third-order valence-electron chi connectivity index (χ3n) is 3.49. The molecule has 1 N–H and O–H groups in total. The first-order valence-electron chi connectivity index (χ1n) is 6.18. The van der Waals surface area contributed by atoms with Crippen LogP contribution in [0.2, 0.25) is 0 Å². The maximum atomic E-state index is 12.0. The molecule has 2 aliphatic heterocycles. The summed E-state index contributed by atoms with van der Waals surface area (Å²) in [6, 6.07) is -0.0898. The second-order valence-electron chi connectivity index (χ2n) is 5.16. The van der Waals surface area contributed by atoms with Crippen LogP contribution in [0.15, 0.2) is 0 Å². The number of nitrogens with one attached hydrogen (secondary N) is 1. The topological polar surface area (TPSA) is 66.5 Å². The van der Waals surface area contributed by atoms with Crippen molar-refractivity contribution < 1.29 is 13.2 Å². The zero-order valence-corrected chi connectivity index (χ0v) is 11.0. The summed E-state index contributed by atoms with van der Waals surface area (Å²) in [6.07, 6.45) is 1.08. The van der Waals surface area contributed by atoms with Gasteiger partial charge < -0.3 is 10.2 Å². The van der Waals surface area contributed by atoms with Gasteiger partial charge in [-0.2, -0.15) is 0 Å². The van der Waals surface area contributed by atoms with E-state index < -0.39 is 9.84 Å². The molecule has 2 unspecified atom stereocenters. The Labute approximate surface area is 102 Å². The van der Waals surface area contributed by atoms with Gasteiger partial charge in [-0.05, 0) is 18.9 Å². The van der Waals surface area contributed by atoms with Crippen LogP contribution in [0.4, 0.5) is 0 Å². The Morgan fingerprint density at radius 2 is 2.18 bits per heavy atom. The molecule has 0 saturated carbocycles. The van der Waals surface area contributed by atoms with E-state index in [4.69, 9.17) is 0 Å². The molecule has 0 aliphatic carbocycles. The van der Waals surface area contributed by atoms with Crippen molar-refractivity contribution in [2.75, 3.05) is 31.1 Å². The molecule has 0 aromatic rings. The van der Waals surface area contributed by atoms with E-state index in [0.717, 1.165) is 6.54 Å². The molecule has 0 radical (unpaired) electrons. The van der Waals surface area contributed by atoms with Gasteiger partial charge in [-0.15, -0.1) is 0 Å². The molecule has 2 heterocycles. The molecular weight excluding hydrogens is 240 g/mol. The van der Waals surface area contributed by atoms with E-state index in [0.29, 0.717) is 31.8 Å². The van der Waals surface area contributed by atoms with E-state index in [1.165, 1.54) is 0 Å². The number of hydrogen-bond acceptors (Lipinski definition) is 4. The molecule has 0 spiro atoms. The minimum absolute atomic E-state index is 0.0890. The van der Waals surface area contributed by atoms with Crippen molar-refractivity contribution >= 4 is 15.7 Å². The fraction of sp³-hybridized carbons (Fsp3) is 0.909. The van der Waals surface area contributed by atoms with E-state index in [-0.39, 0.29) is 23.5 Å². The lowest BCUT2D eigenvalue weighted by Crippen LogP contribution is -2.47. The van der Waals surface area contributed by atoms with Crippen LogP contribution in [0.5, 0.6) is 0 Å². The maximum absolute atomic E-state index is 12.0. The summed E-state index contributed by atoms with van der Waals surface area (Å²) < 4.78 is 23.0. The fourth-order valence-corrected chi connectivity index (χ4v) is 4.29. The minimum Gasteiger partial charge on any atom is -0.338 e. The van der Waals surface area contributed by atoms with Crippen LogP contribution < -0.4 is 5.32 Å². The molecule has 98 valence electrons. The first-order valence-corrected chi connectivity index (χ1v) is 8.01. The van der Waals surface area contributed by atoms with Crippen molar-refractivity contribution in [2.24, 2.45) is 5.92 Å². The lowest BCUT2D eigenvalue weighted by molar-refractivity contribution is -0.134. The summed E-state index contributed by atoms with van der Waals surface area (Å²) in [5.41, 5.74) is 0. The predicted molar refractivity (Wildman–Crippen MR) is 65.4 cm³/mol. The summed E-state index contributed by atoms with van der Waals surface area (Å²) in [5.74, 6) is 0.848. The van der Waals surface area contributed by atoms with Crippen molar-refractivity contribution in [3.05, 3.63) is 0 Å². The van der Waals surface area contributed by atoms with Gasteiger partial charge in [0.25, 0.3) is 0 Å². The van der Waals surface area contributed by atoms with Gasteiger partial charge in [-0.25, -0.2) is 8.42 Å². The largest absolute Gasteiger partial charge is 0.338 e. The molecule has 2 saturated heterocycles. The Bertz CT molecular complexity index is 394. The molecule has 5 nitrogen and oxygen atoms in total. The SMILES string of the molecule is CC1CNCCC(=O)N(C2CCS(=O)(=O)C2)C1. The molecule has 0 aromatic heterocycles. The van der Waals surface area contributed by atoms with E-state index in [9.17, 15) is 13.2 Å². The second-order valence-corrected chi connectivity index (χ2v) is 7.39. The molecule has 6 heteroatoms. The van der Waals surface area contributed by atoms with Crippen LogP contribution in [0, 0.1) is 5.92 Å². The zero-order chi connectivity index (χ0) is 12.5. The molecule has 2 rings (SSSR count). The molecule has 2 fully saturated rings. The van der Waals surface area contributed by atoms with Crippen molar-refractivity contribution in [3.63, 3.8) is 0 Å². The number of hydrogen-bond donors (Lipinski definition) is 1. The molecular formula is C11H20N2O3S. The molecule has 0 aromatic carbocycles. The Morgan fingerprint density at radius 3 is 2.82 bits per heavy atom. The standard InChI is InChI=1S/C11H20N2O3S/c1-9-6-12-4-2-11(14)13(7-9)10-3-5-17(15,16)8-10/h9-10,12H,2-8H2,1H3. The highest BCUT2D eigenvalue weighted by molar-refractivity contribution is 7.91. The monoisotopic (exact) mass is 260 g/mol. The minimum atomic E-state index is -2.92. The Balaban J connectivity index is 2.08. The van der Waals surface area contributed by atoms with Gasteiger partial charge in [-0.1, -0.05) is 6.92 Å². The summed E-state index contributed by atoms with van der Waals surface area (Å²) in [5, 5.41) is 3.23. The number of carbonyl (C=O) groups is 1. The summed E-state index contributed by atoms with van der Waals surface area (Å²) in [4.78, 5) is 13.8. The average Bonchev–Trinajstić information content (AvgIpc) is 2.59. The molecule has 2 aliphatic rings. The second kappa shape index (κ2) is 4.94. The van der Waals surface area contributed by atoms with Gasteiger partial charge in [0.1, 0.15) is 0 Å². The van der Waals surface area contributed by atoms with E-state index in [1.807, 2.05) is 0 Å². The van der Waals surface area contributed by atoms with Gasteiger partial charge in [0.15, 0.2) is 9.84 Å². The molecule has 0 bridgehead atoms. The van der Waals surface area contributed by atoms with Crippen LogP contribution in [0.25, 0.3) is 0 Å². The van der Waals surface area contributed by atoms with E-state index in [1.54, 1.807) is 4.90 Å². The Hall–Kier alpha value is -0.620. The van der Waals surface area contributed by atoms with Gasteiger partial charge >= 0.3 is 0 Å². The van der Waals surface area contributed by atoms with Crippen LogP contribution in [-0.2, 0) is 14.6 Å². The highest BCUT2D eigenvalue weighted by atomic mass is 32.2. The van der Waals surface area contributed by atoms with E-state index >= 15 is 0 Å². The van der Waals surface area contributed by atoms with Crippen LogP contribution >= 0.6 is 0 Å². The first-order chi connectivity index (χ1) is 7.98. The lowest BCUT2D eigenvalue weighted by atomic mass is 10.1. The summed E-state index contributed by atoms with van der Waals surface area (Å²) in [7, 11) is -2.92. The van der Waals surface area contributed by atoms with Gasteiger partial charge in [-0.3, -0.25) is 4.79 Å². The van der Waals surface area contributed by atoms with Crippen molar-refractivity contribution in [1.82, 2.24) is 10.2 Å². The van der Waals surface area contributed by atoms with Crippen molar-refractivity contribution in [3.8, 4) is 0 Å². The Morgan fingerprint density at radius 1 is 1.41 bits per heavy atom. The zero-order valence-electron chi connectivity index (χ0n) is 10.2. The highest BCUT2D eigenvalue weighted by Gasteiger charge is 2.35. The third-order valence-corrected chi connectivity index (χ3v) is 5.24. The normalized spacial score (nSPS) is 34.4. The molecule has 17 heavy (non-hydrogen) atoms. The highest BCUT2D eigenvalue weighted by Crippen LogP contribution is 2.20. The van der Waals surface area contributed by atoms with Gasteiger partial charge in [0.05, 0.1) is 11.5 Å². The average molecular weight is 260 g/mol. The van der Waals surface area contributed by atoms with Gasteiger partial charge in [0.2, 0.25) is 5.91 Å². The lowest BCUT2D eigenvalue weighted by Gasteiger charge is -2.33. The summed E-state index contributed by atoms with van der Waals surface area (Å²) in [6.45, 7) is 4.34. The number of amides is 1. The first kappa shape index (κ1) is 12.8. The predicted octanol–water partition coefficient (Wildman–Crippen LogP) is -0.368. The molecule has 1 amide bonds. The fourth-order valence-electron chi connectivity index (χ4n) is 2.56. The third kappa shape index (κ3) is 3.19. The van der Waals surface area contributed by atoms with Crippen LogP contribution in [-0.4, -0.2) is 56.4 Å². The number of rotatable bonds is 1.